The molecule has 3 aromatic carbocycles. The number of oxazole rings is 1. The van der Waals surface area contributed by atoms with Crippen LogP contribution >= 0.6 is 24.0 Å². The van der Waals surface area contributed by atoms with Crippen LogP contribution in [0.4, 0.5) is 16.1 Å². The van der Waals surface area contributed by atoms with E-state index < -0.39 is 5.82 Å². The van der Waals surface area contributed by atoms with Crippen LogP contribution in [0.1, 0.15) is 10.4 Å². The first-order valence-corrected chi connectivity index (χ1v) is 10.8. The molecule has 34 heavy (non-hydrogen) atoms. The second kappa shape index (κ2) is 10.9. The zero-order valence-corrected chi connectivity index (χ0v) is 20.6. The predicted octanol–water partition coefficient (Wildman–Crippen LogP) is 5.96. The highest BCUT2D eigenvalue weighted by molar-refractivity contribution is 6.33. The van der Waals surface area contributed by atoms with E-state index in [9.17, 15) is 9.18 Å². The highest BCUT2D eigenvalue weighted by Crippen LogP contribution is 2.29. The molecule has 0 saturated heterocycles. The molecule has 0 aliphatic carbocycles. The standard InChI is InChI=1S/C25H24ClFN4O2.ClH/c1-30(2)12-13-31(3)25-29-22-15-19(9-11-23(22)33-25)28-24(32)17-6-4-16(5-7-17)20-10-8-18(27)14-21(20)26;/h4-11,14-15H,12-13H2,1-3H3,(H,28,32);1H. The van der Waals surface area contributed by atoms with E-state index in [1.165, 1.54) is 12.1 Å². The lowest BCUT2D eigenvalue weighted by molar-refractivity contribution is 0.102. The van der Waals surface area contributed by atoms with Crippen LogP contribution < -0.4 is 10.2 Å². The van der Waals surface area contributed by atoms with Gasteiger partial charge in [0.15, 0.2) is 5.58 Å². The van der Waals surface area contributed by atoms with Crippen molar-refractivity contribution in [3.05, 3.63) is 77.1 Å². The maximum absolute atomic E-state index is 13.3. The summed E-state index contributed by atoms with van der Waals surface area (Å²) in [6, 6.07) is 17.1. The first-order valence-electron chi connectivity index (χ1n) is 10.4. The van der Waals surface area contributed by atoms with Gasteiger partial charge in [-0.25, -0.2) is 4.39 Å². The van der Waals surface area contributed by atoms with Gasteiger partial charge in [-0.05, 0) is 68.2 Å². The van der Waals surface area contributed by atoms with Crippen molar-refractivity contribution < 1.29 is 13.6 Å². The zero-order chi connectivity index (χ0) is 23.5. The van der Waals surface area contributed by atoms with Crippen molar-refractivity contribution in [1.29, 1.82) is 0 Å². The van der Waals surface area contributed by atoms with Gasteiger partial charge in [-0.1, -0.05) is 23.7 Å². The maximum atomic E-state index is 13.3. The number of fused-ring (bicyclic) bond motifs is 1. The van der Waals surface area contributed by atoms with Crippen molar-refractivity contribution in [2.45, 2.75) is 0 Å². The van der Waals surface area contributed by atoms with Gasteiger partial charge in [-0.3, -0.25) is 4.79 Å². The first kappa shape index (κ1) is 25.5. The van der Waals surface area contributed by atoms with E-state index in [0.717, 1.165) is 18.7 Å². The van der Waals surface area contributed by atoms with Crippen LogP contribution in [0.3, 0.4) is 0 Å². The summed E-state index contributed by atoms with van der Waals surface area (Å²) >= 11 is 6.14. The van der Waals surface area contributed by atoms with Gasteiger partial charge in [0.05, 0.1) is 5.02 Å². The van der Waals surface area contributed by atoms with Gasteiger partial charge < -0.3 is 19.5 Å². The number of hydrogen-bond acceptors (Lipinski definition) is 5. The minimum Gasteiger partial charge on any atom is -0.423 e. The van der Waals surface area contributed by atoms with Crippen LogP contribution in [0.15, 0.2) is 65.1 Å². The number of rotatable bonds is 7. The Kier molecular flexibility index (Phi) is 8.15. The lowest BCUT2D eigenvalue weighted by Gasteiger charge is -2.17. The van der Waals surface area contributed by atoms with Crippen LogP contribution in [0, 0.1) is 5.82 Å². The van der Waals surface area contributed by atoms with E-state index in [1.807, 2.05) is 26.0 Å². The van der Waals surface area contributed by atoms with Gasteiger partial charge in [0.1, 0.15) is 11.3 Å². The summed E-state index contributed by atoms with van der Waals surface area (Å²) in [4.78, 5) is 21.3. The molecular formula is C25H25Cl2FN4O2. The fourth-order valence-electron chi connectivity index (χ4n) is 3.33. The van der Waals surface area contributed by atoms with Gasteiger partial charge in [0.2, 0.25) is 0 Å². The van der Waals surface area contributed by atoms with E-state index in [0.29, 0.717) is 39.0 Å². The van der Waals surface area contributed by atoms with E-state index in [2.05, 4.69) is 15.2 Å². The second-order valence-electron chi connectivity index (χ2n) is 8.06. The molecule has 0 bridgehead atoms. The summed E-state index contributed by atoms with van der Waals surface area (Å²) < 4.78 is 19.1. The average Bonchev–Trinajstić information content (AvgIpc) is 3.21. The number of nitrogens with zero attached hydrogens (tertiary/aromatic N) is 3. The third-order valence-corrected chi connectivity index (χ3v) is 5.55. The minimum absolute atomic E-state index is 0. The maximum Gasteiger partial charge on any atom is 0.298 e. The molecule has 0 saturated carbocycles. The molecule has 0 atom stereocenters. The van der Waals surface area contributed by atoms with Gasteiger partial charge in [0.25, 0.3) is 11.9 Å². The molecule has 9 heteroatoms. The van der Waals surface area contributed by atoms with Gasteiger partial charge in [-0.2, -0.15) is 4.98 Å². The molecule has 0 fully saturated rings. The number of anilines is 2. The molecule has 178 valence electrons. The number of benzene rings is 3. The molecule has 1 heterocycles. The Morgan fingerprint density at radius 1 is 1.03 bits per heavy atom. The average molecular weight is 503 g/mol. The Morgan fingerprint density at radius 2 is 1.76 bits per heavy atom. The van der Waals surface area contributed by atoms with Crippen molar-refractivity contribution in [2.75, 3.05) is 44.4 Å². The van der Waals surface area contributed by atoms with Crippen molar-refractivity contribution in [3.63, 3.8) is 0 Å². The summed E-state index contributed by atoms with van der Waals surface area (Å²) in [5, 5.41) is 3.21. The summed E-state index contributed by atoms with van der Waals surface area (Å²) in [5.41, 5.74) is 3.93. The smallest absolute Gasteiger partial charge is 0.298 e. The van der Waals surface area contributed by atoms with E-state index in [4.69, 9.17) is 16.0 Å². The van der Waals surface area contributed by atoms with Crippen LogP contribution in [0.5, 0.6) is 0 Å². The molecule has 0 aliphatic rings. The van der Waals surface area contributed by atoms with Crippen LogP contribution in [0.2, 0.25) is 5.02 Å². The number of carbonyl (C=O) groups excluding carboxylic acids is 1. The quantitative estimate of drug-likeness (QED) is 0.337. The number of amides is 1. The van der Waals surface area contributed by atoms with Gasteiger partial charge in [0, 0.05) is 37.0 Å². The van der Waals surface area contributed by atoms with Crippen LogP contribution in [-0.4, -0.2) is 50.0 Å². The van der Waals surface area contributed by atoms with E-state index in [-0.39, 0.29) is 18.3 Å². The van der Waals surface area contributed by atoms with Crippen LogP contribution in [0.25, 0.3) is 22.2 Å². The Bertz CT molecular complexity index is 1290. The number of carbonyl (C=O) groups is 1. The Labute approximate surface area is 208 Å². The minimum atomic E-state index is -0.392. The largest absolute Gasteiger partial charge is 0.423 e. The molecular weight excluding hydrogens is 478 g/mol. The predicted molar refractivity (Wildman–Crippen MR) is 138 cm³/mol. The van der Waals surface area contributed by atoms with Gasteiger partial charge >= 0.3 is 0 Å². The number of halogens is 3. The zero-order valence-electron chi connectivity index (χ0n) is 19.0. The number of nitrogens with one attached hydrogen (secondary N) is 1. The molecule has 1 amide bonds. The fraction of sp³-hybridized carbons (Fsp3) is 0.200. The molecule has 1 N–H and O–H groups in total. The first-order chi connectivity index (χ1) is 15.8. The summed E-state index contributed by atoms with van der Waals surface area (Å²) in [7, 11) is 5.96. The highest BCUT2D eigenvalue weighted by atomic mass is 35.5. The highest BCUT2D eigenvalue weighted by Gasteiger charge is 2.13. The summed E-state index contributed by atoms with van der Waals surface area (Å²) in [5.74, 6) is -0.644. The number of hydrogen-bond donors (Lipinski definition) is 1. The van der Waals surface area contributed by atoms with Crippen molar-refractivity contribution in [3.8, 4) is 11.1 Å². The molecule has 1 aromatic heterocycles. The SMILES string of the molecule is CN(C)CCN(C)c1nc2cc(NC(=O)c3ccc(-c4ccc(F)cc4Cl)cc3)ccc2o1.Cl. The molecule has 0 spiro atoms. The summed E-state index contributed by atoms with van der Waals surface area (Å²) in [6.07, 6.45) is 0. The molecule has 4 aromatic rings. The second-order valence-corrected chi connectivity index (χ2v) is 8.47. The normalized spacial score (nSPS) is 10.9. The Balaban J connectivity index is 0.00000324. The Morgan fingerprint density at radius 3 is 2.44 bits per heavy atom. The third kappa shape index (κ3) is 5.86. The molecule has 4 rings (SSSR count). The molecule has 6 nitrogen and oxygen atoms in total. The molecule has 0 radical (unpaired) electrons. The lowest BCUT2D eigenvalue weighted by atomic mass is 10.0. The van der Waals surface area contributed by atoms with E-state index in [1.54, 1.807) is 48.5 Å². The van der Waals surface area contributed by atoms with Crippen molar-refractivity contribution >= 4 is 52.7 Å². The van der Waals surface area contributed by atoms with Crippen LogP contribution in [-0.2, 0) is 0 Å². The Hall–Kier alpha value is -3.13. The van der Waals surface area contributed by atoms with Gasteiger partial charge in [-0.15, -0.1) is 12.4 Å². The third-order valence-electron chi connectivity index (χ3n) is 5.23. The monoisotopic (exact) mass is 502 g/mol. The number of aromatic nitrogens is 1. The van der Waals surface area contributed by atoms with Crippen molar-refractivity contribution in [1.82, 2.24) is 9.88 Å². The molecule has 0 aliphatic heterocycles. The fourth-order valence-corrected chi connectivity index (χ4v) is 3.61. The lowest BCUT2D eigenvalue weighted by Crippen LogP contribution is -2.28. The summed E-state index contributed by atoms with van der Waals surface area (Å²) in [6.45, 7) is 1.66. The topological polar surface area (TPSA) is 61.6 Å². The van der Waals surface area contributed by atoms with E-state index >= 15 is 0 Å². The molecule has 0 unspecified atom stereocenters. The number of likely N-dealkylation sites (N-methyl/N-ethyl adjacent to an activating group) is 2. The van der Waals surface area contributed by atoms with Crippen molar-refractivity contribution in [2.24, 2.45) is 0 Å².